The van der Waals surface area contributed by atoms with Crippen molar-refractivity contribution in [2.45, 2.75) is 6.54 Å². The molecule has 1 aromatic carbocycles. The number of ether oxygens (including phenoxy) is 1. The number of nitrogen functional groups attached to an aromatic ring is 1. The van der Waals surface area contributed by atoms with Gasteiger partial charge in [0.15, 0.2) is 11.5 Å². The fourth-order valence-corrected chi connectivity index (χ4v) is 2.17. The van der Waals surface area contributed by atoms with Crippen molar-refractivity contribution in [3.8, 4) is 5.75 Å². The number of nitrogens with zero attached hydrogens (tertiary/aromatic N) is 3. The highest BCUT2D eigenvalue weighted by atomic mass is 35.5. The lowest BCUT2D eigenvalue weighted by molar-refractivity contribution is 0.0963. The minimum Gasteiger partial charge on any atom is -0.495 e. The smallest absolute Gasteiger partial charge is 0.278 e. The van der Waals surface area contributed by atoms with E-state index in [-0.39, 0.29) is 11.5 Å². The van der Waals surface area contributed by atoms with Gasteiger partial charge in [0.25, 0.3) is 5.91 Å². The second-order valence-corrected chi connectivity index (χ2v) is 5.21. The highest BCUT2D eigenvalue weighted by molar-refractivity contribution is 6.32. The van der Waals surface area contributed by atoms with Crippen LogP contribution in [0.4, 0.5) is 5.82 Å². The summed E-state index contributed by atoms with van der Waals surface area (Å²) in [6, 6.07) is 5.35. The maximum atomic E-state index is 12.1. The van der Waals surface area contributed by atoms with E-state index in [2.05, 4.69) is 20.3 Å². The third-order valence-corrected chi connectivity index (χ3v) is 3.39. The van der Waals surface area contributed by atoms with Crippen molar-refractivity contribution in [3.63, 3.8) is 0 Å². The first-order valence-corrected chi connectivity index (χ1v) is 7.55. The summed E-state index contributed by atoms with van der Waals surface area (Å²) in [5.41, 5.74) is 12.3. The van der Waals surface area contributed by atoms with Crippen molar-refractivity contribution in [2.24, 2.45) is 10.7 Å². The SMILES string of the molecule is COc1ccc(CN=CC(=CN)NC(=O)c2nccnc2N)cc1Cl. The van der Waals surface area contributed by atoms with Gasteiger partial charge in [0, 0.05) is 24.8 Å². The number of halogens is 1. The molecule has 0 aliphatic carbocycles. The fourth-order valence-electron chi connectivity index (χ4n) is 1.89. The Hall–Kier alpha value is -3.13. The monoisotopic (exact) mass is 360 g/mol. The van der Waals surface area contributed by atoms with E-state index in [0.29, 0.717) is 23.0 Å². The molecule has 0 saturated carbocycles. The normalized spacial score (nSPS) is 11.5. The number of rotatable bonds is 6. The molecule has 9 heteroatoms. The predicted molar refractivity (Wildman–Crippen MR) is 96.4 cm³/mol. The molecule has 25 heavy (non-hydrogen) atoms. The zero-order chi connectivity index (χ0) is 18.2. The Kier molecular flexibility index (Phi) is 6.30. The molecule has 2 aromatic rings. The Balaban J connectivity index is 2.00. The van der Waals surface area contributed by atoms with E-state index in [9.17, 15) is 4.79 Å². The molecule has 0 unspecified atom stereocenters. The van der Waals surface area contributed by atoms with Gasteiger partial charge in [-0.1, -0.05) is 17.7 Å². The van der Waals surface area contributed by atoms with Crippen molar-refractivity contribution in [2.75, 3.05) is 12.8 Å². The number of carbonyl (C=O) groups excluding carboxylic acids is 1. The number of nitrogens with one attached hydrogen (secondary N) is 1. The third-order valence-electron chi connectivity index (χ3n) is 3.10. The number of aliphatic imine (C=N–C) groups is 1. The maximum Gasteiger partial charge on any atom is 0.278 e. The number of nitrogens with two attached hydrogens (primary N) is 2. The third kappa shape index (κ3) is 4.92. The summed E-state index contributed by atoms with van der Waals surface area (Å²) in [6.07, 6.45) is 5.42. The van der Waals surface area contributed by atoms with E-state index in [4.69, 9.17) is 27.8 Å². The minimum absolute atomic E-state index is 0.0113. The number of hydrogen-bond acceptors (Lipinski definition) is 7. The summed E-state index contributed by atoms with van der Waals surface area (Å²) < 4.78 is 5.09. The number of benzene rings is 1. The van der Waals surface area contributed by atoms with Crippen LogP contribution in [0.1, 0.15) is 16.1 Å². The van der Waals surface area contributed by atoms with E-state index >= 15 is 0 Å². The number of hydrogen-bond donors (Lipinski definition) is 3. The molecule has 2 rings (SSSR count). The summed E-state index contributed by atoms with van der Waals surface area (Å²) in [4.78, 5) is 24.0. The van der Waals surface area contributed by atoms with Crippen LogP contribution in [0, 0.1) is 0 Å². The summed E-state index contributed by atoms with van der Waals surface area (Å²) in [6.45, 7) is 0.351. The minimum atomic E-state index is -0.527. The number of methoxy groups -OCH3 is 1. The van der Waals surface area contributed by atoms with E-state index < -0.39 is 5.91 Å². The van der Waals surface area contributed by atoms with E-state index in [0.717, 1.165) is 5.56 Å². The van der Waals surface area contributed by atoms with Gasteiger partial charge in [-0.15, -0.1) is 0 Å². The molecule has 0 radical (unpaired) electrons. The fraction of sp³-hybridized carbons (Fsp3) is 0.125. The molecular weight excluding hydrogens is 344 g/mol. The van der Waals surface area contributed by atoms with E-state index in [1.807, 2.05) is 6.07 Å². The summed E-state index contributed by atoms with van der Waals surface area (Å²) in [5, 5.41) is 3.06. The van der Waals surface area contributed by atoms with Gasteiger partial charge >= 0.3 is 0 Å². The van der Waals surface area contributed by atoms with E-state index in [1.54, 1.807) is 19.2 Å². The average molecular weight is 361 g/mol. The van der Waals surface area contributed by atoms with Crippen molar-refractivity contribution in [3.05, 3.63) is 58.8 Å². The quantitative estimate of drug-likeness (QED) is 0.670. The second kappa shape index (κ2) is 8.65. The number of aromatic nitrogens is 2. The molecule has 1 aromatic heterocycles. The average Bonchev–Trinajstić information content (AvgIpc) is 2.61. The molecule has 1 heterocycles. The van der Waals surface area contributed by atoms with Crippen LogP contribution >= 0.6 is 11.6 Å². The van der Waals surface area contributed by atoms with Gasteiger partial charge in [0.2, 0.25) is 0 Å². The number of anilines is 1. The molecule has 0 bridgehead atoms. The largest absolute Gasteiger partial charge is 0.495 e. The highest BCUT2D eigenvalue weighted by Crippen LogP contribution is 2.25. The first-order chi connectivity index (χ1) is 12.0. The Labute approximate surface area is 149 Å². The molecule has 0 saturated heterocycles. The first kappa shape index (κ1) is 18.2. The van der Waals surface area contributed by atoms with Crippen molar-refractivity contribution in [1.82, 2.24) is 15.3 Å². The molecular formula is C16H17ClN6O2. The Morgan fingerprint density at radius 2 is 2.16 bits per heavy atom. The lowest BCUT2D eigenvalue weighted by Crippen LogP contribution is -2.26. The predicted octanol–water partition coefficient (Wildman–Crippen LogP) is 1.52. The summed E-state index contributed by atoms with van der Waals surface area (Å²) in [7, 11) is 1.55. The van der Waals surface area contributed by atoms with Gasteiger partial charge in [-0.05, 0) is 17.7 Å². The molecule has 0 atom stereocenters. The van der Waals surface area contributed by atoms with Gasteiger partial charge in [-0.25, -0.2) is 9.97 Å². The first-order valence-electron chi connectivity index (χ1n) is 7.17. The number of amides is 1. The van der Waals surface area contributed by atoms with Gasteiger partial charge in [-0.3, -0.25) is 9.79 Å². The van der Waals surface area contributed by atoms with Crippen molar-refractivity contribution < 1.29 is 9.53 Å². The Bertz CT molecular complexity index is 822. The maximum absolute atomic E-state index is 12.1. The molecule has 0 aliphatic rings. The van der Waals surface area contributed by atoms with Gasteiger partial charge < -0.3 is 21.5 Å². The second-order valence-electron chi connectivity index (χ2n) is 4.81. The van der Waals surface area contributed by atoms with Crippen LogP contribution < -0.4 is 21.5 Å². The summed E-state index contributed by atoms with van der Waals surface area (Å²) in [5.74, 6) is 0.0909. The van der Waals surface area contributed by atoms with Crippen LogP contribution in [0.2, 0.25) is 5.02 Å². The molecule has 0 aliphatic heterocycles. The van der Waals surface area contributed by atoms with Crippen LogP contribution in [-0.2, 0) is 6.54 Å². The van der Waals surface area contributed by atoms with Crippen molar-refractivity contribution in [1.29, 1.82) is 0 Å². The number of carbonyl (C=O) groups is 1. The van der Waals surface area contributed by atoms with Gasteiger partial charge in [0.05, 0.1) is 24.4 Å². The lowest BCUT2D eigenvalue weighted by Gasteiger charge is -2.06. The molecule has 8 nitrogen and oxygen atoms in total. The molecule has 130 valence electrons. The molecule has 0 spiro atoms. The number of allylic oxidation sites excluding steroid dienone is 1. The molecule has 5 N–H and O–H groups in total. The van der Waals surface area contributed by atoms with Crippen LogP contribution in [0.25, 0.3) is 0 Å². The highest BCUT2D eigenvalue weighted by Gasteiger charge is 2.12. The zero-order valence-electron chi connectivity index (χ0n) is 13.4. The van der Waals surface area contributed by atoms with Gasteiger partial charge in [0.1, 0.15) is 5.75 Å². The summed E-state index contributed by atoms with van der Waals surface area (Å²) >= 11 is 6.06. The molecule has 1 amide bonds. The van der Waals surface area contributed by atoms with E-state index in [1.165, 1.54) is 24.8 Å². The van der Waals surface area contributed by atoms with Gasteiger partial charge in [-0.2, -0.15) is 0 Å². The topological polar surface area (TPSA) is 129 Å². The Morgan fingerprint density at radius 3 is 2.80 bits per heavy atom. The zero-order valence-corrected chi connectivity index (χ0v) is 14.2. The van der Waals surface area contributed by atoms with Crippen molar-refractivity contribution >= 4 is 29.5 Å². The molecule has 0 fully saturated rings. The lowest BCUT2D eigenvalue weighted by atomic mass is 10.2. The van der Waals surface area contributed by atoms with Crippen LogP contribution in [0.5, 0.6) is 5.75 Å². The van der Waals surface area contributed by atoms with Crippen LogP contribution in [0.15, 0.2) is 47.5 Å². The van der Waals surface area contributed by atoms with Crippen LogP contribution in [0.3, 0.4) is 0 Å². The Morgan fingerprint density at radius 1 is 1.40 bits per heavy atom. The van der Waals surface area contributed by atoms with Crippen LogP contribution in [-0.4, -0.2) is 29.2 Å². The standard InChI is InChI=1S/C16H17ClN6O2/c1-25-13-3-2-10(6-12(13)17)8-20-9-11(7-18)23-16(24)14-15(19)22-5-4-21-14/h2-7,9H,8,18H2,1H3,(H2,19,22)(H,23,24).